The lowest BCUT2D eigenvalue weighted by Gasteiger charge is -2.22. The summed E-state index contributed by atoms with van der Waals surface area (Å²) in [6.07, 6.45) is 6.91. The number of allylic oxidation sites excluding steroid dienone is 3. The third-order valence-corrected chi connectivity index (χ3v) is 7.55. The van der Waals surface area contributed by atoms with E-state index in [2.05, 4.69) is 27.9 Å². The van der Waals surface area contributed by atoms with Crippen molar-refractivity contribution in [3.05, 3.63) is 69.5 Å². The minimum absolute atomic E-state index is 0.353. The molecule has 4 rings (SSSR count). The second-order valence-electron chi connectivity index (χ2n) is 7.59. The number of benzene rings is 1. The molecule has 0 saturated heterocycles. The van der Waals surface area contributed by atoms with Crippen molar-refractivity contribution < 1.29 is 19.4 Å². The fourth-order valence-electron chi connectivity index (χ4n) is 3.66. The number of ether oxygens (including phenoxy) is 2. The van der Waals surface area contributed by atoms with E-state index in [1.165, 1.54) is 21.0 Å². The maximum absolute atomic E-state index is 11.4. The number of aliphatic carboxylic acids is 1. The van der Waals surface area contributed by atoms with E-state index in [0.717, 1.165) is 37.1 Å². The number of rotatable bonds is 10. The molecule has 7 heteroatoms. The molecule has 31 heavy (non-hydrogen) atoms. The molecule has 1 aromatic heterocycles. The van der Waals surface area contributed by atoms with Crippen LogP contribution in [0.1, 0.15) is 30.9 Å². The predicted molar refractivity (Wildman–Crippen MR) is 127 cm³/mol. The summed E-state index contributed by atoms with van der Waals surface area (Å²) in [6, 6.07) is 9.87. The number of carboxylic acids is 1. The third-order valence-electron chi connectivity index (χ3n) is 5.25. The zero-order chi connectivity index (χ0) is 21.6. The van der Waals surface area contributed by atoms with Crippen LogP contribution < -0.4 is 9.04 Å². The summed E-state index contributed by atoms with van der Waals surface area (Å²) in [5.41, 5.74) is 3.83. The molecule has 2 aromatic rings. The Labute approximate surface area is 191 Å². The summed E-state index contributed by atoms with van der Waals surface area (Å²) in [6.45, 7) is 3.78. The van der Waals surface area contributed by atoms with Gasteiger partial charge in [-0.25, -0.2) is 4.79 Å². The van der Waals surface area contributed by atoms with Crippen LogP contribution in [0.15, 0.2) is 58.3 Å². The molecular formula is C24H27NO4S2. The van der Waals surface area contributed by atoms with Crippen molar-refractivity contribution in [2.24, 2.45) is 0 Å². The molecule has 0 amide bonds. The summed E-state index contributed by atoms with van der Waals surface area (Å²) in [5, 5.41) is 12.8. The average Bonchev–Trinajstić information content (AvgIpc) is 3.39. The fourth-order valence-corrected chi connectivity index (χ4v) is 5.81. The molecule has 0 radical (unpaired) electrons. The number of nitrogens with zero attached hydrogens (tertiary/aromatic N) is 1. The van der Waals surface area contributed by atoms with E-state index < -0.39 is 12.1 Å². The minimum atomic E-state index is -0.924. The molecule has 1 aliphatic carbocycles. The maximum atomic E-state index is 11.4. The van der Waals surface area contributed by atoms with Crippen molar-refractivity contribution >= 4 is 34.3 Å². The molecule has 1 aromatic carbocycles. The topological polar surface area (TPSA) is 59.0 Å². The van der Waals surface area contributed by atoms with E-state index in [1.54, 1.807) is 11.3 Å². The molecule has 1 unspecified atom stereocenters. The Kier molecular flexibility index (Phi) is 7.37. The molecule has 0 spiro atoms. The van der Waals surface area contributed by atoms with Gasteiger partial charge in [-0.1, -0.05) is 31.2 Å². The largest absolute Gasteiger partial charge is 0.492 e. The molecule has 1 aliphatic heterocycles. The van der Waals surface area contributed by atoms with E-state index in [-0.39, 0.29) is 0 Å². The highest BCUT2D eigenvalue weighted by atomic mass is 32.2. The van der Waals surface area contributed by atoms with Gasteiger partial charge in [0.15, 0.2) is 6.10 Å². The number of anilines is 1. The van der Waals surface area contributed by atoms with Crippen LogP contribution in [0.2, 0.25) is 0 Å². The number of hydrogen-bond donors (Lipinski definition) is 1. The summed E-state index contributed by atoms with van der Waals surface area (Å²) < 4.78 is 13.8. The lowest BCUT2D eigenvalue weighted by molar-refractivity contribution is -0.150. The summed E-state index contributed by atoms with van der Waals surface area (Å²) in [4.78, 5) is 12.7. The van der Waals surface area contributed by atoms with E-state index in [4.69, 9.17) is 9.47 Å². The molecule has 5 nitrogen and oxygen atoms in total. The molecular weight excluding hydrogens is 430 g/mol. The van der Waals surface area contributed by atoms with Crippen LogP contribution in [-0.4, -0.2) is 36.9 Å². The van der Waals surface area contributed by atoms with Crippen LogP contribution in [0.5, 0.6) is 5.75 Å². The normalized spacial score (nSPS) is 16.1. The molecule has 2 heterocycles. The zero-order valence-corrected chi connectivity index (χ0v) is 19.2. The van der Waals surface area contributed by atoms with Crippen LogP contribution in [0, 0.1) is 0 Å². The van der Waals surface area contributed by atoms with Gasteiger partial charge in [0.25, 0.3) is 0 Å². The third kappa shape index (κ3) is 5.53. The molecule has 1 atom stereocenters. The molecule has 164 valence electrons. The van der Waals surface area contributed by atoms with Crippen LogP contribution in [0.4, 0.5) is 5.00 Å². The van der Waals surface area contributed by atoms with Crippen molar-refractivity contribution in [2.75, 3.05) is 24.1 Å². The monoisotopic (exact) mass is 457 g/mol. The fraction of sp³-hybridized carbons (Fsp3) is 0.375. The quantitative estimate of drug-likeness (QED) is 0.477. The van der Waals surface area contributed by atoms with E-state index in [9.17, 15) is 9.90 Å². The second kappa shape index (κ2) is 10.4. The second-order valence-corrected chi connectivity index (χ2v) is 9.55. The first-order valence-corrected chi connectivity index (χ1v) is 12.3. The number of carboxylic acid groups (broad SMARTS) is 1. The Hall–Kier alpha value is -2.22. The highest BCUT2D eigenvalue weighted by molar-refractivity contribution is 8.04. The van der Waals surface area contributed by atoms with Crippen LogP contribution in [-0.2, 0) is 22.4 Å². The van der Waals surface area contributed by atoms with Gasteiger partial charge in [-0.05, 0) is 71.5 Å². The average molecular weight is 458 g/mol. The van der Waals surface area contributed by atoms with Gasteiger partial charge in [-0.3, -0.25) is 4.31 Å². The first kappa shape index (κ1) is 22.0. The minimum Gasteiger partial charge on any atom is -0.492 e. The Balaban J connectivity index is 1.32. The number of carbonyl (C=O) groups is 1. The summed E-state index contributed by atoms with van der Waals surface area (Å²) in [5.74, 6) is -0.135. The van der Waals surface area contributed by atoms with Gasteiger partial charge in [-0.2, -0.15) is 0 Å². The Morgan fingerprint density at radius 1 is 1.23 bits per heavy atom. The van der Waals surface area contributed by atoms with E-state index in [0.29, 0.717) is 19.6 Å². The van der Waals surface area contributed by atoms with Crippen LogP contribution in [0.3, 0.4) is 0 Å². The molecule has 0 bridgehead atoms. The lowest BCUT2D eigenvalue weighted by Crippen LogP contribution is -2.26. The lowest BCUT2D eigenvalue weighted by atomic mass is 10.1. The first-order valence-electron chi connectivity index (χ1n) is 10.6. The highest BCUT2D eigenvalue weighted by Gasteiger charge is 2.24. The SMILES string of the molecule is CCCOC(Cc1ccc(OCCN2SC3=C(CC=C3)Cc3ccsc32)cc1)C(=O)O. The summed E-state index contributed by atoms with van der Waals surface area (Å²) >= 11 is 3.60. The maximum Gasteiger partial charge on any atom is 0.333 e. The number of hydrogen-bond acceptors (Lipinski definition) is 6. The van der Waals surface area contributed by atoms with Crippen LogP contribution >= 0.6 is 23.3 Å². The van der Waals surface area contributed by atoms with Crippen LogP contribution in [0.25, 0.3) is 0 Å². The van der Waals surface area contributed by atoms with Gasteiger partial charge in [0, 0.05) is 17.9 Å². The van der Waals surface area contributed by atoms with Gasteiger partial charge in [0.05, 0.1) is 6.54 Å². The Morgan fingerprint density at radius 2 is 2.06 bits per heavy atom. The predicted octanol–water partition coefficient (Wildman–Crippen LogP) is 5.47. The van der Waals surface area contributed by atoms with Gasteiger partial charge in [0.1, 0.15) is 17.4 Å². The van der Waals surface area contributed by atoms with E-state index >= 15 is 0 Å². The summed E-state index contributed by atoms with van der Waals surface area (Å²) in [7, 11) is 0. The van der Waals surface area contributed by atoms with Gasteiger partial charge < -0.3 is 14.6 Å². The highest BCUT2D eigenvalue weighted by Crippen LogP contribution is 2.44. The van der Waals surface area contributed by atoms with Gasteiger partial charge in [-0.15, -0.1) is 11.3 Å². The van der Waals surface area contributed by atoms with Crippen molar-refractivity contribution in [3.63, 3.8) is 0 Å². The number of fused-ring (bicyclic) bond motifs is 1. The Morgan fingerprint density at radius 3 is 2.84 bits per heavy atom. The van der Waals surface area contributed by atoms with E-state index in [1.807, 2.05) is 43.1 Å². The van der Waals surface area contributed by atoms with Crippen molar-refractivity contribution in [1.29, 1.82) is 0 Å². The van der Waals surface area contributed by atoms with Gasteiger partial charge >= 0.3 is 5.97 Å². The van der Waals surface area contributed by atoms with Gasteiger partial charge in [0.2, 0.25) is 0 Å². The smallest absolute Gasteiger partial charge is 0.333 e. The van der Waals surface area contributed by atoms with Crippen molar-refractivity contribution in [3.8, 4) is 5.75 Å². The zero-order valence-electron chi connectivity index (χ0n) is 17.6. The standard InChI is InChI=1S/C24H27NO4S2/c1-2-12-29-21(24(26)27)15-17-6-8-20(9-7-17)28-13-11-25-23-19(10-14-30-23)16-18-4-3-5-22(18)31-25/h3,5-10,14,21H,2,4,11-13,15-16H2,1H3,(H,26,27). The Bertz CT molecular complexity index is 964. The molecule has 2 aliphatic rings. The number of thiophene rings is 1. The first-order chi connectivity index (χ1) is 15.1. The molecule has 0 saturated carbocycles. The van der Waals surface area contributed by atoms with Crippen molar-refractivity contribution in [1.82, 2.24) is 0 Å². The van der Waals surface area contributed by atoms with Crippen molar-refractivity contribution in [2.45, 2.75) is 38.7 Å². The molecule has 0 fully saturated rings. The molecule has 1 N–H and O–H groups in total.